The number of rotatable bonds is 0. The fourth-order valence-electron chi connectivity index (χ4n) is 4.71. The van der Waals surface area contributed by atoms with Crippen LogP contribution in [-0.2, 0) is 11.3 Å². The van der Waals surface area contributed by atoms with Crippen molar-refractivity contribution in [1.29, 1.82) is 0 Å². The molecular weight excluding hydrogens is 445 g/mol. The summed E-state index contributed by atoms with van der Waals surface area (Å²) in [6.07, 6.45) is 3.51. The van der Waals surface area contributed by atoms with E-state index in [2.05, 4.69) is 15.4 Å². The Morgan fingerprint density at radius 3 is 2.94 bits per heavy atom. The third kappa shape index (κ3) is 3.28. The molecule has 3 aromatic rings. The molecule has 3 atom stereocenters. The van der Waals surface area contributed by atoms with Gasteiger partial charge < -0.3 is 24.6 Å². The number of carbonyl (C=O) groups excluding carboxylic acids is 2. The highest BCUT2D eigenvalue weighted by atomic mass is 19.1. The Hall–Kier alpha value is -3.96. The lowest BCUT2D eigenvalue weighted by Crippen LogP contribution is -2.49. The zero-order chi connectivity index (χ0) is 23.6. The summed E-state index contributed by atoms with van der Waals surface area (Å²) < 4.78 is 28.0. The molecule has 1 N–H and O–H groups in total. The summed E-state index contributed by atoms with van der Waals surface area (Å²) in [6.45, 7) is 4.60. The highest BCUT2D eigenvalue weighted by molar-refractivity contribution is 5.99. The van der Waals surface area contributed by atoms with E-state index in [1.807, 2.05) is 4.90 Å². The first kappa shape index (κ1) is 20.6. The van der Waals surface area contributed by atoms with Gasteiger partial charge in [-0.3, -0.25) is 9.59 Å². The number of aromatic nitrogens is 4. The van der Waals surface area contributed by atoms with E-state index in [4.69, 9.17) is 14.5 Å². The number of carbonyl (C=O) groups is 2. The van der Waals surface area contributed by atoms with Crippen LogP contribution in [0.3, 0.4) is 0 Å². The van der Waals surface area contributed by atoms with Crippen LogP contribution in [-0.4, -0.2) is 74.2 Å². The first-order chi connectivity index (χ1) is 16.4. The van der Waals surface area contributed by atoms with Gasteiger partial charge in [-0.05, 0) is 13.0 Å². The Labute approximate surface area is 193 Å². The van der Waals surface area contributed by atoms with Crippen LogP contribution in [0.1, 0.15) is 29.8 Å². The van der Waals surface area contributed by atoms with Crippen molar-refractivity contribution >= 4 is 23.3 Å². The van der Waals surface area contributed by atoms with E-state index in [9.17, 15) is 14.0 Å². The van der Waals surface area contributed by atoms with Gasteiger partial charge in [0, 0.05) is 19.0 Å². The molecule has 0 saturated carbocycles. The molecule has 0 aromatic carbocycles. The summed E-state index contributed by atoms with van der Waals surface area (Å²) in [5.74, 6) is 0.336. The van der Waals surface area contributed by atoms with Gasteiger partial charge in [-0.1, -0.05) is 0 Å². The van der Waals surface area contributed by atoms with Crippen molar-refractivity contribution in [3.8, 4) is 11.6 Å². The minimum Gasteiger partial charge on any atom is -0.481 e. The van der Waals surface area contributed by atoms with Crippen LogP contribution >= 0.6 is 0 Å². The number of hydrogen-bond donors (Lipinski definition) is 1. The molecule has 11 nitrogen and oxygen atoms in total. The van der Waals surface area contributed by atoms with Gasteiger partial charge in [-0.2, -0.15) is 5.10 Å². The van der Waals surface area contributed by atoms with Gasteiger partial charge in [0.2, 0.25) is 11.8 Å². The summed E-state index contributed by atoms with van der Waals surface area (Å²) in [5.41, 5.74) is 1.21. The summed E-state index contributed by atoms with van der Waals surface area (Å²) >= 11 is 0. The molecule has 3 aromatic heterocycles. The Bertz CT molecular complexity index is 1330. The summed E-state index contributed by atoms with van der Waals surface area (Å²) in [4.78, 5) is 37.6. The van der Waals surface area contributed by atoms with Crippen molar-refractivity contribution in [2.75, 3.05) is 24.5 Å². The number of nitrogens with zero attached hydrogens (tertiary/aromatic N) is 6. The van der Waals surface area contributed by atoms with E-state index < -0.39 is 11.9 Å². The average molecular weight is 467 g/mol. The van der Waals surface area contributed by atoms with Crippen molar-refractivity contribution in [2.45, 2.75) is 38.6 Å². The SMILES string of the molecule is CC(=O)N1C[C@@H]2Oc3cn4ncc5c4nc3N(Cc3cc(F)cnc3O[C@@H](C)CNC5=O)[C@@H]2C1. The largest absolute Gasteiger partial charge is 0.481 e. The number of nitrogens with one attached hydrogen (secondary N) is 1. The summed E-state index contributed by atoms with van der Waals surface area (Å²) in [5, 5.41) is 7.10. The monoisotopic (exact) mass is 467 g/mol. The number of pyridine rings is 1. The standard InChI is InChI=1S/C22H22FN7O4/c1-11-4-24-21(32)15-6-26-30-10-18-20(27-19(15)30)29(7-13-3-14(23)5-25-22(13)33-11)16-8-28(12(2)31)9-17(16)34-18/h3,5-6,10-11,16-17H,4,7-9H2,1-2H3,(H,24,32)/t11-,16+,17-/m0/s1. The Morgan fingerprint density at radius 1 is 1.26 bits per heavy atom. The van der Waals surface area contributed by atoms with E-state index in [-0.39, 0.29) is 42.9 Å². The van der Waals surface area contributed by atoms with Gasteiger partial charge >= 0.3 is 0 Å². The third-order valence-corrected chi connectivity index (χ3v) is 6.41. The lowest BCUT2D eigenvalue weighted by atomic mass is 10.1. The maximum atomic E-state index is 14.2. The van der Waals surface area contributed by atoms with Gasteiger partial charge in [0.1, 0.15) is 23.6 Å². The molecule has 1 fully saturated rings. The smallest absolute Gasteiger partial charge is 0.256 e. The molecule has 0 unspecified atom stereocenters. The molecule has 12 heteroatoms. The summed E-state index contributed by atoms with van der Waals surface area (Å²) in [7, 11) is 0. The number of likely N-dealkylation sites (tertiary alicyclic amines) is 1. The second kappa shape index (κ2) is 7.54. The van der Waals surface area contributed by atoms with Crippen LogP contribution in [0.2, 0.25) is 0 Å². The zero-order valence-corrected chi connectivity index (χ0v) is 18.6. The van der Waals surface area contributed by atoms with E-state index in [1.54, 1.807) is 18.0 Å². The molecule has 176 valence electrons. The third-order valence-electron chi connectivity index (χ3n) is 6.41. The van der Waals surface area contributed by atoms with Gasteiger partial charge in [0.05, 0.1) is 44.3 Å². The zero-order valence-electron chi connectivity index (χ0n) is 18.6. The highest BCUT2D eigenvalue weighted by Crippen LogP contribution is 2.39. The van der Waals surface area contributed by atoms with Crippen LogP contribution < -0.4 is 19.7 Å². The van der Waals surface area contributed by atoms with E-state index in [0.717, 1.165) is 6.20 Å². The maximum Gasteiger partial charge on any atom is 0.256 e. The van der Waals surface area contributed by atoms with Crippen LogP contribution in [0.15, 0.2) is 24.7 Å². The van der Waals surface area contributed by atoms with Crippen LogP contribution in [0.25, 0.3) is 5.65 Å². The van der Waals surface area contributed by atoms with Crippen molar-refractivity contribution < 1.29 is 23.5 Å². The Morgan fingerprint density at radius 2 is 2.12 bits per heavy atom. The minimum atomic E-state index is -0.490. The number of fused-ring (bicyclic) bond motifs is 3. The molecule has 34 heavy (non-hydrogen) atoms. The first-order valence-corrected chi connectivity index (χ1v) is 11.0. The lowest BCUT2D eigenvalue weighted by molar-refractivity contribution is -0.128. The van der Waals surface area contributed by atoms with Crippen molar-refractivity contribution in [3.05, 3.63) is 41.6 Å². The Kier molecular flexibility index (Phi) is 4.57. The minimum absolute atomic E-state index is 0.0557. The van der Waals surface area contributed by atoms with E-state index in [0.29, 0.717) is 41.4 Å². The van der Waals surface area contributed by atoms with Gasteiger partial charge in [0.15, 0.2) is 17.2 Å². The second-order valence-electron chi connectivity index (χ2n) is 8.79. The normalized spacial score (nSPS) is 23.7. The Balaban J connectivity index is 1.54. The fraction of sp³-hybridized carbons (Fsp3) is 0.409. The number of amides is 2. The van der Waals surface area contributed by atoms with Crippen LogP contribution in [0, 0.1) is 5.82 Å². The highest BCUT2D eigenvalue weighted by Gasteiger charge is 2.45. The molecule has 3 aliphatic rings. The molecule has 0 radical (unpaired) electrons. The van der Waals surface area contributed by atoms with Crippen LogP contribution in [0.5, 0.6) is 11.6 Å². The molecular formula is C22H22FN7O4. The number of hydrogen-bond acceptors (Lipinski definition) is 8. The van der Waals surface area contributed by atoms with E-state index >= 15 is 0 Å². The van der Waals surface area contributed by atoms with Crippen LogP contribution in [0.4, 0.5) is 10.2 Å². The predicted molar refractivity (Wildman–Crippen MR) is 116 cm³/mol. The predicted octanol–water partition coefficient (Wildman–Crippen LogP) is 0.772. The van der Waals surface area contributed by atoms with E-state index in [1.165, 1.54) is 23.7 Å². The van der Waals surface area contributed by atoms with Gasteiger partial charge in [0.25, 0.3) is 5.91 Å². The van der Waals surface area contributed by atoms with Gasteiger partial charge in [-0.15, -0.1) is 0 Å². The molecule has 0 spiro atoms. The maximum absolute atomic E-state index is 14.2. The molecule has 6 heterocycles. The number of ether oxygens (including phenoxy) is 2. The second-order valence-corrected chi connectivity index (χ2v) is 8.79. The van der Waals surface area contributed by atoms with Crippen molar-refractivity contribution in [3.63, 3.8) is 0 Å². The molecule has 2 bridgehead atoms. The number of halogens is 1. The molecule has 1 saturated heterocycles. The van der Waals surface area contributed by atoms with Gasteiger partial charge in [-0.25, -0.2) is 18.9 Å². The van der Waals surface area contributed by atoms with Crippen molar-refractivity contribution in [1.82, 2.24) is 29.8 Å². The lowest BCUT2D eigenvalue weighted by Gasteiger charge is -2.38. The first-order valence-electron chi connectivity index (χ1n) is 11.0. The average Bonchev–Trinajstić information content (AvgIpc) is 3.41. The molecule has 6 rings (SSSR count). The topological polar surface area (TPSA) is 114 Å². The fourth-order valence-corrected chi connectivity index (χ4v) is 4.71. The number of anilines is 1. The molecule has 2 amide bonds. The summed E-state index contributed by atoms with van der Waals surface area (Å²) in [6, 6.07) is 1.16. The quantitative estimate of drug-likeness (QED) is 0.516. The molecule has 0 aliphatic carbocycles. The molecule has 3 aliphatic heterocycles. The van der Waals surface area contributed by atoms with Crippen molar-refractivity contribution in [2.24, 2.45) is 0 Å².